The van der Waals surface area contributed by atoms with Crippen molar-refractivity contribution in [3.63, 3.8) is 0 Å². The van der Waals surface area contributed by atoms with E-state index >= 15 is 0 Å². The van der Waals surface area contributed by atoms with Gasteiger partial charge in [-0.15, -0.1) is 11.8 Å². The number of rotatable bonds is 7. The van der Waals surface area contributed by atoms with Crippen molar-refractivity contribution in [3.05, 3.63) is 60.2 Å². The number of likely N-dealkylation sites (tertiary alicyclic amines) is 1. The Morgan fingerprint density at radius 3 is 2.31 bits per heavy atom. The minimum atomic E-state index is -0.895. The van der Waals surface area contributed by atoms with Crippen molar-refractivity contribution in [1.82, 2.24) is 14.7 Å². The molecule has 0 radical (unpaired) electrons. The van der Waals surface area contributed by atoms with Gasteiger partial charge < -0.3 is 19.8 Å². The molecule has 39 heavy (non-hydrogen) atoms. The molecular weight excluding hydrogens is 510 g/mol. The van der Waals surface area contributed by atoms with Gasteiger partial charge in [-0.3, -0.25) is 14.4 Å². The van der Waals surface area contributed by atoms with Crippen molar-refractivity contribution in [2.45, 2.75) is 75.2 Å². The highest BCUT2D eigenvalue weighted by Gasteiger charge is 2.74. The minimum absolute atomic E-state index is 0.00180. The summed E-state index contributed by atoms with van der Waals surface area (Å²) in [7, 11) is 0. The summed E-state index contributed by atoms with van der Waals surface area (Å²) in [5, 5.41) is 10.5. The molecule has 3 amide bonds. The second-order valence-electron chi connectivity index (χ2n) is 12.0. The SMILES string of the molecule is CC[C@H](C)[C@H](CO)N1C(=O)[C@@H]2[C@@H]3C(=O)N(Cc4ccccc4)CC=C[C@]3(C)S[C@@]23C=CCN(C(C)C)C(=O)C13. The maximum atomic E-state index is 14.6. The Bertz CT molecular complexity index is 1190. The summed E-state index contributed by atoms with van der Waals surface area (Å²) in [5.74, 6) is -1.66. The number of carbonyl (C=O) groups excluding carboxylic acids is 3. The van der Waals surface area contributed by atoms with E-state index in [0.29, 0.717) is 19.6 Å². The van der Waals surface area contributed by atoms with Gasteiger partial charge in [-0.1, -0.05) is 74.9 Å². The fourth-order valence-electron chi connectivity index (χ4n) is 7.11. The molecule has 1 N–H and O–H groups in total. The van der Waals surface area contributed by atoms with Crippen LogP contribution in [-0.4, -0.2) is 84.8 Å². The van der Waals surface area contributed by atoms with Crippen LogP contribution in [0.3, 0.4) is 0 Å². The lowest BCUT2D eigenvalue weighted by Gasteiger charge is -2.42. The molecule has 2 fully saturated rings. The van der Waals surface area contributed by atoms with E-state index in [1.165, 1.54) is 0 Å². The molecule has 1 spiro atoms. The Hall–Kier alpha value is -2.58. The van der Waals surface area contributed by atoms with Gasteiger partial charge in [-0.2, -0.15) is 0 Å². The summed E-state index contributed by atoms with van der Waals surface area (Å²) in [6, 6.07) is 8.59. The molecule has 4 aliphatic rings. The number of benzene rings is 1. The number of fused-ring (bicyclic) bond motifs is 2. The van der Waals surface area contributed by atoms with Gasteiger partial charge in [0.05, 0.1) is 29.2 Å². The first-order valence-corrected chi connectivity index (χ1v) is 15.0. The van der Waals surface area contributed by atoms with Crippen LogP contribution in [-0.2, 0) is 20.9 Å². The lowest BCUT2D eigenvalue weighted by molar-refractivity contribution is -0.149. The molecule has 1 unspecified atom stereocenters. The van der Waals surface area contributed by atoms with Crippen LogP contribution in [0.25, 0.3) is 0 Å². The zero-order valence-electron chi connectivity index (χ0n) is 23.6. The average Bonchev–Trinajstić information content (AvgIpc) is 3.18. The van der Waals surface area contributed by atoms with Crippen molar-refractivity contribution in [2.24, 2.45) is 17.8 Å². The Morgan fingerprint density at radius 2 is 1.67 bits per heavy atom. The Balaban J connectivity index is 1.63. The minimum Gasteiger partial charge on any atom is -0.394 e. The first kappa shape index (κ1) is 28.0. The maximum absolute atomic E-state index is 14.6. The van der Waals surface area contributed by atoms with Crippen LogP contribution < -0.4 is 0 Å². The van der Waals surface area contributed by atoms with Gasteiger partial charge in [0, 0.05) is 30.4 Å². The third-order valence-corrected chi connectivity index (χ3v) is 11.1. The molecule has 0 bridgehead atoms. The molecule has 7 atom stereocenters. The van der Waals surface area contributed by atoms with Crippen LogP contribution in [0.4, 0.5) is 0 Å². The average molecular weight is 552 g/mol. The lowest BCUT2D eigenvalue weighted by atomic mass is 9.74. The van der Waals surface area contributed by atoms with Crippen LogP contribution in [0.1, 0.15) is 46.6 Å². The molecule has 0 aliphatic carbocycles. The number of hydrogen-bond donors (Lipinski definition) is 1. The third kappa shape index (κ3) is 4.34. The van der Waals surface area contributed by atoms with Crippen LogP contribution in [0.2, 0.25) is 0 Å². The van der Waals surface area contributed by atoms with Crippen molar-refractivity contribution in [1.29, 1.82) is 0 Å². The normalized spacial score (nSPS) is 33.7. The predicted octanol–water partition coefficient (Wildman–Crippen LogP) is 3.49. The van der Waals surface area contributed by atoms with Crippen molar-refractivity contribution >= 4 is 29.5 Å². The van der Waals surface area contributed by atoms with Crippen LogP contribution in [0, 0.1) is 17.8 Å². The molecular formula is C31H41N3O4S. The van der Waals surface area contributed by atoms with E-state index in [4.69, 9.17) is 0 Å². The van der Waals surface area contributed by atoms with E-state index in [0.717, 1.165) is 12.0 Å². The Labute approximate surface area is 236 Å². The number of aliphatic hydroxyl groups is 1. The lowest BCUT2D eigenvalue weighted by Crippen LogP contribution is -2.58. The van der Waals surface area contributed by atoms with E-state index < -0.39 is 33.4 Å². The van der Waals surface area contributed by atoms with Gasteiger partial charge >= 0.3 is 0 Å². The van der Waals surface area contributed by atoms with E-state index in [-0.39, 0.29) is 36.3 Å². The van der Waals surface area contributed by atoms with Gasteiger partial charge in [-0.25, -0.2) is 0 Å². The Kier molecular flexibility index (Phi) is 7.48. The molecule has 1 aromatic carbocycles. The van der Waals surface area contributed by atoms with Crippen molar-refractivity contribution in [2.75, 3.05) is 19.7 Å². The second kappa shape index (κ2) is 10.4. The molecule has 4 aliphatic heterocycles. The van der Waals surface area contributed by atoms with E-state index in [2.05, 4.69) is 12.2 Å². The molecule has 0 saturated carbocycles. The van der Waals surface area contributed by atoms with E-state index in [1.807, 2.05) is 86.9 Å². The molecule has 8 heteroatoms. The zero-order chi connectivity index (χ0) is 28.1. The fraction of sp³-hybridized carbons (Fsp3) is 0.581. The third-order valence-electron chi connectivity index (χ3n) is 9.29. The largest absolute Gasteiger partial charge is 0.394 e. The smallest absolute Gasteiger partial charge is 0.247 e. The molecule has 4 heterocycles. The number of hydrogen-bond acceptors (Lipinski definition) is 5. The van der Waals surface area contributed by atoms with Crippen LogP contribution in [0.15, 0.2) is 54.6 Å². The number of aliphatic hydroxyl groups excluding tert-OH is 1. The van der Waals surface area contributed by atoms with Crippen molar-refractivity contribution in [3.8, 4) is 0 Å². The number of amides is 3. The summed E-state index contributed by atoms with van der Waals surface area (Å²) in [6.45, 7) is 11.3. The summed E-state index contributed by atoms with van der Waals surface area (Å²) in [4.78, 5) is 48.7. The predicted molar refractivity (Wildman–Crippen MR) is 154 cm³/mol. The van der Waals surface area contributed by atoms with E-state index in [9.17, 15) is 19.5 Å². The van der Waals surface area contributed by atoms with Crippen LogP contribution in [0.5, 0.6) is 0 Å². The summed E-state index contributed by atoms with van der Waals surface area (Å²) >= 11 is 1.60. The molecule has 1 aromatic rings. The highest BCUT2D eigenvalue weighted by Crippen LogP contribution is 2.66. The topological polar surface area (TPSA) is 81.2 Å². The quantitative estimate of drug-likeness (QED) is 0.525. The van der Waals surface area contributed by atoms with Crippen molar-refractivity contribution < 1.29 is 19.5 Å². The summed E-state index contributed by atoms with van der Waals surface area (Å²) < 4.78 is -1.54. The highest BCUT2D eigenvalue weighted by molar-refractivity contribution is 8.02. The highest BCUT2D eigenvalue weighted by atomic mass is 32.2. The van der Waals surface area contributed by atoms with E-state index in [1.54, 1.807) is 16.7 Å². The maximum Gasteiger partial charge on any atom is 0.247 e. The molecule has 5 rings (SSSR count). The van der Waals surface area contributed by atoms with Gasteiger partial charge in [-0.05, 0) is 32.3 Å². The molecule has 7 nitrogen and oxygen atoms in total. The summed E-state index contributed by atoms with van der Waals surface area (Å²) in [5.41, 5.74) is 1.04. The van der Waals surface area contributed by atoms with Gasteiger partial charge in [0.2, 0.25) is 17.7 Å². The molecule has 210 valence electrons. The van der Waals surface area contributed by atoms with Gasteiger partial charge in [0.15, 0.2) is 0 Å². The number of nitrogens with zero attached hydrogens (tertiary/aromatic N) is 3. The fourth-order valence-corrected chi connectivity index (χ4v) is 9.26. The van der Waals surface area contributed by atoms with Gasteiger partial charge in [0.25, 0.3) is 0 Å². The monoisotopic (exact) mass is 551 g/mol. The summed E-state index contributed by atoms with van der Waals surface area (Å²) in [6.07, 6.45) is 8.96. The molecule has 0 aromatic heterocycles. The standard InChI is InChI=1S/C31H41N3O4S/c1-6-21(4)23(19-35)34-26-29(38)33(20(2)3)17-11-15-31(26)25(28(34)37)24-27(36)32(16-10-14-30(24,5)39-31)18-22-12-8-7-9-13-22/h7-15,20-21,23-26,35H,6,16-19H2,1-5H3/t21-,23-,24+,25-,26?,30-,31-/m0/s1. The molecule has 2 saturated heterocycles. The zero-order valence-corrected chi connectivity index (χ0v) is 24.4. The van der Waals surface area contributed by atoms with Gasteiger partial charge in [0.1, 0.15) is 6.04 Å². The van der Waals surface area contributed by atoms with Crippen LogP contribution >= 0.6 is 11.8 Å². The second-order valence-corrected chi connectivity index (χ2v) is 13.8. The Morgan fingerprint density at radius 1 is 0.974 bits per heavy atom. The first-order valence-electron chi connectivity index (χ1n) is 14.2. The number of thioether (sulfide) groups is 1. The number of carbonyl (C=O) groups is 3. The first-order chi connectivity index (χ1) is 18.6.